The molecule has 102 valence electrons. The first-order valence-corrected chi connectivity index (χ1v) is 6.69. The smallest absolute Gasteiger partial charge is 0.0632 e. The van der Waals surface area contributed by atoms with E-state index in [1.165, 1.54) is 0 Å². The van der Waals surface area contributed by atoms with E-state index in [0.717, 1.165) is 22.8 Å². The van der Waals surface area contributed by atoms with Crippen LogP contribution in [0.15, 0.2) is 18.2 Å². The monoisotopic (exact) mass is 270 g/mol. The summed E-state index contributed by atoms with van der Waals surface area (Å²) in [6.45, 7) is 7.10. The van der Waals surface area contributed by atoms with Gasteiger partial charge in [-0.05, 0) is 24.6 Å². The highest BCUT2D eigenvalue weighted by Gasteiger charge is 2.10. The van der Waals surface area contributed by atoms with Crippen LogP contribution in [0.2, 0.25) is 5.02 Å². The Bertz CT molecular complexity index is 382. The van der Waals surface area contributed by atoms with E-state index < -0.39 is 0 Å². The summed E-state index contributed by atoms with van der Waals surface area (Å²) in [6, 6.07) is 6.55. The van der Waals surface area contributed by atoms with E-state index in [1.807, 2.05) is 37.1 Å². The van der Waals surface area contributed by atoms with Gasteiger partial charge in [0.2, 0.25) is 0 Å². The molecule has 3 nitrogen and oxygen atoms in total. The van der Waals surface area contributed by atoms with Crippen molar-refractivity contribution in [2.45, 2.75) is 39.4 Å². The Kier molecular flexibility index (Phi) is 5.93. The minimum Gasteiger partial charge on any atom is -0.394 e. The van der Waals surface area contributed by atoms with Gasteiger partial charge >= 0.3 is 0 Å². The summed E-state index contributed by atoms with van der Waals surface area (Å²) in [6.07, 6.45) is 0. The standard InChI is InChI=1S/C14H23ClN2O/c1-10(2)16-8-12-5-6-13(7-14(12)15)17(4)11(3)9-18/h5-7,10-11,16,18H,8-9H2,1-4H3. The van der Waals surface area contributed by atoms with E-state index in [-0.39, 0.29) is 12.6 Å². The van der Waals surface area contributed by atoms with Crippen molar-refractivity contribution in [1.82, 2.24) is 5.32 Å². The molecule has 0 aromatic heterocycles. The Morgan fingerprint density at radius 1 is 1.33 bits per heavy atom. The zero-order chi connectivity index (χ0) is 13.7. The third kappa shape index (κ3) is 4.16. The average molecular weight is 271 g/mol. The Morgan fingerprint density at radius 3 is 2.50 bits per heavy atom. The molecule has 1 aromatic carbocycles. The third-order valence-corrected chi connectivity index (χ3v) is 3.42. The lowest BCUT2D eigenvalue weighted by Gasteiger charge is -2.26. The zero-order valence-corrected chi connectivity index (χ0v) is 12.3. The second-order valence-electron chi connectivity index (χ2n) is 4.95. The van der Waals surface area contributed by atoms with Gasteiger partial charge in [0.1, 0.15) is 0 Å². The first-order valence-electron chi connectivity index (χ1n) is 6.31. The maximum atomic E-state index is 9.15. The fourth-order valence-corrected chi connectivity index (χ4v) is 1.83. The first kappa shape index (κ1) is 15.3. The molecule has 0 amide bonds. The summed E-state index contributed by atoms with van der Waals surface area (Å²) in [5, 5.41) is 13.3. The fraction of sp³-hybridized carbons (Fsp3) is 0.571. The molecule has 1 aromatic rings. The normalized spacial score (nSPS) is 12.8. The van der Waals surface area contributed by atoms with Gasteiger partial charge in [0.05, 0.1) is 6.61 Å². The molecule has 0 radical (unpaired) electrons. The van der Waals surface area contributed by atoms with Crippen LogP contribution in [0.4, 0.5) is 5.69 Å². The molecule has 1 atom stereocenters. The van der Waals surface area contributed by atoms with Crippen LogP contribution < -0.4 is 10.2 Å². The second-order valence-corrected chi connectivity index (χ2v) is 5.36. The largest absolute Gasteiger partial charge is 0.394 e. The van der Waals surface area contributed by atoms with Crippen molar-refractivity contribution in [3.63, 3.8) is 0 Å². The fourth-order valence-electron chi connectivity index (χ4n) is 1.59. The summed E-state index contributed by atoms with van der Waals surface area (Å²) in [5.74, 6) is 0. The molecule has 0 aliphatic rings. The van der Waals surface area contributed by atoms with Gasteiger partial charge in [0, 0.05) is 36.4 Å². The van der Waals surface area contributed by atoms with Gasteiger partial charge in [-0.2, -0.15) is 0 Å². The van der Waals surface area contributed by atoms with Crippen LogP contribution >= 0.6 is 11.6 Å². The summed E-state index contributed by atoms with van der Waals surface area (Å²) >= 11 is 6.28. The van der Waals surface area contributed by atoms with Crippen LogP contribution in [0.25, 0.3) is 0 Å². The molecule has 4 heteroatoms. The molecule has 2 N–H and O–H groups in total. The van der Waals surface area contributed by atoms with Crippen LogP contribution in [0.3, 0.4) is 0 Å². The van der Waals surface area contributed by atoms with Crippen molar-refractivity contribution in [1.29, 1.82) is 0 Å². The molecule has 0 saturated heterocycles. The van der Waals surface area contributed by atoms with Crippen molar-refractivity contribution in [2.24, 2.45) is 0 Å². The van der Waals surface area contributed by atoms with Crippen LogP contribution in [0.1, 0.15) is 26.3 Å². The Balaban J connectivity index is 2.78. The van der Waals surface area contributed by atoms with Crippen LogP contribution in [0, 0.1) is 0 Å². The summed E-state index contributed by atoms with van der Waals surface area (Å²) in [7, 11) is 1.96. The summed E-state index contributed by atoms with van der Waals surface area (Å²) < 4.78 is 0. The number of anilines is 1. The second kappa shape index (κ2) is 6.98. The van der Waals surface area contributed by atoms with Gasteiger partial charge < -0.3 is 15.3 Å². The number of hydrogen-bond donors (Lipinski definition) is 2. The van der Waals surface area contributed by atoms with Gasteiger partial charge in [-0.25, -0.2) is 0 Å². The number of benzene rings is 1. The molecule has 0 spiro atoms. The molecule has 0 heterocycles. The highest BCUT2D eigenvalue weighted by molar-refractivity contribution is 6.31. The molecule has 0 aliphatic heterocycles. The van der Waals surface area contributed by atoms with Crippen molar-refractivity contribution in [3.8, 4) is 0 Å². The predicted octanol–water partition coefficient (Wildman–Crippen LogP) is 2.66. The van der Waals surface area contributed by atoms with Crippen LogP contribution in [0.5, 0.6) is 0 Å². The number of aliphatic hydroxyl groups excluding tert-OH is 1. The van der Waals surface area contributed by atoms with Crippen LogP contribution in [-0.4, -0.2) is 30.8 Å². The molecule has 0 aliphatic carbocycles. The Labute approximate surface area is 115 Å². The SMILES string of the molecule is CC(C)NCc1ccc(N(C)C(C)CO)cc1Cl. The van der Waals surface area contributed by atoms with E-state index in [9.17, 15) is 0 Å². The number of hydrogen-bond acceptors (Lipinski definition) is 3. The van der Waals surface area contributed by atoms with E-state index in [4.69, 9.17) is 16.7 Å². The molecule has 0 saturated carbocycles. The van der Waals surface area contributed by atoms with Gasteiger partial charge in [-0.1, -0.05) is 31.5 Å². The quantitative estimate of drug-likeness (QED) is 0.834. The highest BCUT2D eigenvalue weighted by Crippen LogP contribution is 2.24. The minimum absolute atomic E-state index is 0.0840. The zero-order valence-electron chi connectivity index (χ0n) is 11.6. The molecule has 1 unspecified atom stereocenters. The lowest BCUT2D eigenvalue weighted by atomic mass is 10.1. The minimum atomic E-state index is 0.0840. The van der Waals surface area contributed by atoms with Crippen molar-refractivity contribution < 1.29 is 5.11 Å². The third-order valence-electron chi connectivity index (χ3n) is 3.07. The molecule has 18 heavy (non-hydrogen) atoms. The average Bonchev–Trinajstić information content (AvgIpc) is 2.35. The Morgan fingerprint density at radius 2 is 2.00 bits per heavy atom. The van der Waals surface area contributed by atoms with E-state index in [0.29, 0.717) is 6.04 Å². The summed E-state index contributed by atoms with van der Waals surface area (Å²) in [5.41, 5.74) is 2.12. The molecular formula is C14H23ClN2O. The lowest BCUT2D eigenvalue weighted by molar-refractivity contribution is 0.270. The van der Waals surface area contributed by atoms with Gasteiger partial charge in [0.25, 0.3) is 0 Å². The molecule has 1 rings (SSSR count). The van der Waals surface area contributed by atoms with Crippen LogP contribution in [-0.2, 0) is 6.54 Å². The highest BCUT2D eigenvalue weighted by atomic mass is 35.5. The lowest BCUT2D eigenvalue weighted by Crippen LogP contribution is -2.31. The van der Waals surface area contributed by atoms with Crippen molar-refractivity contribution >= 4 is 17.3 Å². The van der Waals surface area contributed by atoms with E-state index >= 15 is 0 Å². The summed E-state index contributed by atoms with van der Waals surface area (Å²) in [4.78, 5) is 2.02. The number of rotatable bonds is 6. The Hall–Kier alpha value is -0.770. The molecule has 0 fully saturated rings. The number of nitrogens with zero attached hydrogens (tertiary/aromatic N) is 1. The van der Waals surface area contributed by atoms with Crippen molar-refractivity contribution in [2.75, 3.05) is 18.6 Å². The number of likely N-dealkylation sites (N-methyl/N-ethyl adjacent to an activating group) is 1. The predicted molar refractivity (Wildman–Crippen MR) is 78.4 cm³/mol. The number of nitrogens with one attached hydrogen (secondary N) is 1. The topological polar surface area (TPSA) is 35.5 Å². The number of aliphatic hydroxyl groups is 1. The van der Waals surface area contributed by atoms with Gasteiger partial charge in [-0.15, -0.1) is 0 Å². The van der Waals surface area contributed by atoms with Crippen molar-refractivity contribution in [3.05, 3.63) is 28.8 Å². The maximum absolute atomic E-state index is 9.15. The van der Waals surface area contributed by atoms with Gasteiger partial charge in [-0.3, -0.25) is 0 Å². The number of halogens is 1. The maximum Gasteiger partial charge on any atom is 0.0632 e. The molecular weight excluding hydrogens is 248 g/mol. The first-order chi connectivity index (χ1) is 8.45. The van der Waals surface area contributed by atoms with E-state index in [1.54, 1.807) is 0 Å². The van der Waals surface area contributed by atoms with E-state index in [2.05, 4.69) is 19.2 Å². The van der Waals surface area contributed by atoms with Gasteiger partial charge in [0.15, 0.2) is 0 Å². The molecule has 0 bridgehead atoms.